The van der Waals surface area contributed by atoms with Crippen molar-refractivity contribution in [2.45, 2.75) is 6.17 Å². The number of hydrogen-bond acceptors (Lipinski definition) is 5. The number of imidazole rings is 1. The molecule has 1 atom stereocenters. The van der Waals surface area contributed by atoms with E-state index in [1.807, 2.05) is 41.4 Å². The molecule has 7 heteroatoms. The summed E-state index contributed by atoms with van der Waals surface area (Å²) in [5, 5.41) is 3.66. The van der Waals surface area contributed by atoms with Gasteiger partial charge in [-0.3, -0.25) is 10.4 Å². The molecule has 4 heterocycles. The van der Waals surface area contributed by atoms with Crippen molar-refractivity contribution in [3.8, 4) is 10.6 Å². The Bertz CT molecular complexity index is 844. The molecular formula is C16H14FN5S. The molecule has 0 bridgehead atoms. The van der Waals surface area contributed by atoms with Crippen LogP contribution < -0.4 is 5.43 Å². The molecule has 5 nitrogen and oxygen atoms in total. The van der Waals surface area contributed by atoms with E-state index in [0.717, 1.165) is 16.4 Å². The molecule has 1 N–H and O–H groups in total. The van der Waals surface area contributed by atoms with Gasteiger partial charge < -0.3 is 4.57 Å². The van der Waals surface area contributed by atoms with E-state index in [1.165, 1.54) is 6.08 Å². The number of aromatic nitrogens is 2. The van der Waals surface area contributed by atoms with E-state index in [2.05, 4.69) is 15.4 Å². The standard InChI is InChI=1S/C16H14FN5S/c1-21-10-12(13-5-3-9-23-13)18-15(21)7-6-14-19-16-11(17)4-2-8-22(16)20-14/h2-10,16H,1H3,(H,19,20)/b7-6-. The van der Waals surface area contributed by atoms with Gasteiger partial charge in [-0.15, -0.1) is 11.3 Å². The Labute approximate surface area is 136 Å². The first-order valence-electron chi connectivity index (χ1n) is 7.13. The molecular weight excluding hydrogens is 313 g/mol. The van der Waals surface area contributed by atoms with Gasteiger partial charge in [-0.05, 0) is 35.8 Å². The third kappa shape index (κ3) is 2.59. The second-order valence-electron chi connectivity index (χ2n) is 5.21. The molecule has 2 aliphatic heterocycles. The summed E-state index contributed by atoms with van der Waals surface area (Å²) in [5.41, 5.74) is 3.98. The maximum atomic E-state index is 13.7. The number of aryl methyl sites for hydroxylation is 1. The summed E-state index contributed by atoms with van der Waals surface area (Å²) in [6.07, 6.45) is 9.88. The first kappa shape index (κ1) is 14.0. The Morgan fingerprint density at radius 3 is 3.09 bits per heavy atom. The van der Waals surface area contributed by atoms with Gasteiger partial charge in [0.2, 0.25) is 0 Å². The molecule has 0 saturated heterocycles. The van der Waals surface area contributed by atoms with Gasteiger partial charge in [0, 0.05) is 19.4 Å². The molecule has 23 heavy (non-hydrogen) atoms. The lowest BCUT2D eigenvalue weighted by molar-refractivity contribution is 0.270. The van der Waals surface area contributed by atoms with E-state index >= 15 is 0 Å². The van der Waals surface area contributed by atoms with Gasteiger partial charge in [-0.1, -0.05) is 6.07 Å². The number of nitrogens with one attached hydrogen (secondary N) is 1. The molecule has 2 aliphatic rings. The minimum atomic E-state index is -0.609. The van der Waals surface area contributed by atoms with Crippen LogP contribution in [-0.2, 0) is 7.05 Å². The van der Waals surface area contributed by atoms with Crippen LogP contribution in [-0.4, -0.2) is 26.6 Å². The summed E-state index contributed by atoms with van der Waals surface area (Å²) in [7, 11) is 1.95. The van der Waals surface area contributed by atoms with Gasteiger partial charge in [0.05, 0.1) is 10.6 Å². The quantitative estimate of drug-likeness (QED) is 0.942. The summed E-state index contributed by atoms with van der Waals surface area (Å²) < 4.78 is 15.6. The number of aliphatic imine (C=N–C) groups is 1. The number of hydrogen-bond donors (Lipinski definition) is 1. The molecule has 2 aromatic rings. The van der Waals surface area contributed by atoms with Gasteiger partial charge in [0.25, 0.3) is 0 Å². The van der Waals surface area contributed by atoms with Crippen molar-refractivity contribution in [2.24, 2.45) is 12.0 Å². The van der Waals surface area contributed by atoms with Crippen LogP contribution in [0.3, 0.4) is 0 Å². The van der Waals surface area contributed by atoms with Gasteiger partial charge in [-0.2, -0.15) is 0 Å². The van der Waals surface area contributed by atoms with Crippen molar-refractivity contribution in [2.75, 3.05) is 0 Å². The Morgan fingerprint density at radius 2 is 2.30 bits per heavy atom. The molecule has 0 amide bonds. The molecule has 0 radical (unpaired) electrons. The van der Waals surface area contributed by atoms with Crippen LogP contribution in [0.25, 0.3) is 16.6 Å². The van der Waals surface area contributed by atoms with Crippen LogP contribution in [0.15, 0.2) is 59.0 Å². The van der Waals surface area contributed by atoms with Crippen LogP contribution in [0, 0.1) is 0 Å². The Morgan fingerprint density at radius 1 is 1.39 bits per heavy atom. The number of nitrogens with zero attached hydrogens (tertiary/aromatic N) is 4. The zero-order valence-electron chi connectivity index (χ0n) is 12.3. The molecule has 0 aliphatic carbocycles. The van der Waals surface area contributed by atoms with E-state index in [0.29, 0.717) is 5.84 Å². The summed E-state index contributed by atoms with van der Waals surface area (Å²) in [6, 6.07) is 4.05. The van der Waals surface area contributed by atoms with Crippen molar-refractivity contribution in [3.05, 3.63) is 59.8 Å². The highest BCUT2D eigenvalue weighted by Gasteiger charge is 2.27. The van der Waals surface area contributed by atoms with Gasteiger partial charge in [-0.25, -0.2) is 14.4 Å². The maximum absolute atomic E-state index is 13.7. The van der Waals surface area contributed by atoms with E-state index in [4.69, 9.17) is 0 Å². The SMILES string of the molecule is Cn1cc(-c2cccs2)nc1/C=C\C1=NC2C(F)=CC=CN2N1. The van der Waals surface area contributed by atoms with Crippen LogP contribution in [0.5, 0.6) is 0 Å². The van der Waals surface area contributed by atoms with E-state index < -0.39 is 6.17 Å². The average molecular weight is 327 g/mol. The number of halogens is 1. The highest BCUT2D eigenvalue weighted by molar-refractivity contribution is 7.13. The second-order valence-corrected chi connectivity index (χ2v) is 6.15. The summed E-state index contributed by atoms with van der Waals surface area (Å²) in [5.74, 6) is 1.14. The lowest BCUT2D eigenvalue weighted by Crippen LogP contribution is -2.37. The van der Waals surface area contributed by atoms with Crippen LogP contribution in [0.2, 0.25) is 0 Å². The summed E-state index contributed by atoms with van der Waals surface area (Å²) >= 11 is 1.66. The normalized spacial score (nSPS) is 19.7. The second kappa shape index (κ2) is 5.51. The van der Waals surface area contributed by atoms with Crippen LogP contribution in [0.1, 0.15) is 5.82 Å². The number of hydrazine groups is 1. The minimum Gasteiger partial charge on any atom is -0.334 e. The van der Waals surface area contributed by atoms with Crippen molar-refractivity contribution in [3.63, 3.8) is 0 Å². The van der Waals surface area contributed by atoms with E-state index in [-0.39, 0.29) is 5.83 Å². The molecule has 0 fully saturated rings. The number of rotatable bonds is 3. The van der Waals surface area contributed by atoms with Gasteiger partial charge in [0.15, 0.2) is 6.17 Å². The lowest BCUT2D eigenvalue weighted by atomic mass is 10.3. The number of thiophene rings is 1. The molecule has 4 rings (SSSR count). The Kier molecular flexibility index (Phi) is 3.34. The monoisotopic (exact) mass is 327 g/mol. The molecule has 0 saturated carbocycles. The Balaban J connectivity index is 1.55. The molecule has 2 aromatic heterocycles. The van der Waals surface area contributed by atoms with Crippen molar-refractivity contribution in [1.29, 1.82) is 0 Å². The number of allylic oxidation sites excluding steroid dienone is 2. The van der Waals surface area contributed by atoms with Crippen molar-refractivity contribution >= 4 is 23.2 Å². The highest BCUT2D eigenvalue weighted by atomic mass is 32.1. The molecule has 1 unspecified atom stereocenters. The highest BCUT2D eigenvalue weighted by Crippen LogP contribution is 2.24. The third-order valence-corrected chi connectivity index (χ3v) is 4.49. The first-order chi connectivity index (χ1) is 11.2. The summed E-state index contributed by atoms with van der Waals surface area (Å²) in [4.78, 5) is 10.0. The van der Waals surface area contributed by atoms with Gasteiger partial charge >= 0.3 is 0 Å². The zero-order valence-corrected chi connectivity index (χ0v) is 13.2. The first-order valence-corrected chi connectivity index (χ1v) is 8.01. The smallest absolute Gasteiger partial charge is 0.193 e. The van der Waals surface area contributed by atoms with E-state index in [9.17, 15) is 4.39 Å². The maximum Gasteiger partial charge on any atom is 0.193 e. The largest absolute Gasteiger partial charge is 0.334 e. The van der Waals surface area contributed by atoms with Crippen LogP contribution in [0.4, 0.5) is 4.39 Å². The van der Waals surface area contributed by atoms with Crippen molar-refractivity contribution < 1.29 is 4.39 Å². The topological polar surface area (TPSA) is 45.5 Å². The lowest BCUT2D eigenvalue weighted by Gasteiger charge is -2.21. The predicted molar refractivity (Wildman–Crippen MR) is 90.1 cm³/mol. The average Bonchev–Trinajstić information content (AvgIpc) is 3.24. The Hall–Kier alpha value is -2.67. The zero-order chi connectivity index (χ0) is 15.8. The van der Waals surface area contributed by atoms with Crippen molar-refractivity contribution in [1.82, 2.24) is 20.0 Å². The fourth-order valence-corrected chi connectivity index (χ4v) is 3.14. The van der Waals surface area contributed by atoms with E-state index in [1.54, 1.807) is 34.7 Å². The molecule has 0 aromatic carbocycles. The third-order valence-electron chi connectivity index (χ3n) is 3.59. The summed E-state index contributed by atoms with van der Waals surface area (Å²) in [6.45, 7) is 0. The molecule has 116 valence electrons. The fourth-order valence-electron chi connectivity index (χ4n) is 2.46. The van der Waals surface area contributed by atoms with Gasteiger partial charge in [0.1, 0.15) is 17.5 Å². The predicted octanol–water partition coefficient (Wildman–Crippen LogP) is 3.09. The minimum absolute atomic E-state index is 0.277. The fraction of sp³-hybridized carbons (Fsp3) is 0.125. The van der Waals surface area contributed by atoms with Crippen LogP contribution >= 0.6 is 11.3 Å². The number of amidine groups is 1. The molecule has 0 spiro atoms. The number of fused-ring (bicyclic) bond motifs is 1.